The first-order chi connectivity index (χ1) is 19.2. The molecule has 0 aliphatic carbocycles. The summed E-state index contributed by atoms with van der Waals surface area (Å²) >= 11 is 6.34. The molecule has 1 atom stereocenters. The molecule has 1 aliphatic rings. The zero-order chi connectivity index (χ0) is 27.9. The summed E-state index contributed by atoms with van der Waals surface area (Å²) in [6.45, 7) is 0. The van der Waals surface area contributed by atoms with E-state index < -0.39 is 10.0 Å². The van der Waals surface area contributed by atoms with Crippen LogP contribution in [0.15, 0.2) is 102 Å². The number of fused-ring (bicyclic) bond motifs is 1. The van der Waals surface area contributed by atoms with E-state index in [-0.39, 0.29) is 11.9 Å². The first-order valence-corrected chi connectivity index (χ1v) is 14.7. The fraction of sp³-hybridized carbons (Fsp3) is 0.100. The van der Waals surface area contributed by atoms with E-state index in [0.717, 1.165) is 28.3 Å². The maximum Gasteiger partial charge on any atom is 0.247 e. The predicted molar refractivity (Wildman–Crippen MR) is 158 cm³/mol. The summed E-state index contributed by atoms with van der Waals surface area (Å²) in [5.74, 6) is 0.0441. The molecule has 1 aliphatic heterocycles. The SMILES string of the molecule is CS(=O)(=O)Nc1cccc(C2=NN(c3nc(-c4ccccc4)c4cc(Cl)ccc4n3)C(c3ccc(F)cc3)C2)c1. The molecule has 1 aromatic heterocycles. The van der Waals surface area contributed by atoms with Crippen LogP contribution in [0.25, 0.3) is 22.2 Å². The highest BCUT2D eigenvalue weighted by Gasteiger charge is 2.32. The van der Waals surface area contributed by atoms with Crippen LogP contribution in [0.4, 0.5) is 16.0 Å². The molecule has 4 aromatic carbocycles. The number of anilines is 2. The topological polar surface area (TPSA) is 87.5 Å². The van der Waals surface area contributed by atoms with E-state index in [0.29, 0.717) is 40.0 Å². The molecule has 1 N–H and O–H groups in total. The maximum absolute atomic E-state index is 13.8. The molecule has 5 aromatic rings. The highest BCUT2D eigenvalue weighted by Crippen LogP contribution is 2.38. The normalized spacial score (nSPS) is 15.3. The van der Waals surface area contributed by atoms with Crippen molar-refractivity contribution in [2.45, 2.75) is 12.5 Å². The van der Waals surface area contributed by atoms with Crippen LogP contribution < -0.4 is 9.73 Å². The van der Waals surface area contributed by atoms with Crippen molar-refractivity contribution < 1.29 is 12.8 Å². The van der Waals surface area contributed by atoms with Gasteiger partial charge in [0.2, 0.25) is 16.0 Å². The van der Waals surface area contributed by atoms with Crippen LogP contribution >= 0.6 is 11.6 Å². The van der Waals surface area contributed by atoms with Crippen LogP contribution in [-0.2, 0) is 10.0 Å². The van der Waals surface area contributed by atoms with Crippen molar-refractivity contribution in [3.8, 4) is 11.3 Å². The Bertz CT molecular complexity index is 1870. The molecule has 10 heteroatoms. The summed E-state index contributed by atoms with van der Waals surface area (Å²) in [6.07, 6.45) is 1.57. The van der Waals surface area contributed by atoms with Gasteiger partial charge in [0, 0.05) is 28.1 Å². The monoisotopic (exact) mass is 571 g/mol. The summed E-state index contributed by atoms with van der Waals surface area (Å²) in [4.78, 5) is 9.82. The molecular formula is C30H23ClFN5O2S. The number of sulfonamides is 1. The Morgan fingerprint density at radius 2 is 1.65 bits per heavy atom. The lowest BCUT2D eigenvalue weighted by molar-refractivity contribution is 0.607. The minimum Gasteiger partial charge on any atom is -0.284 e. The third kappa shape index (κ3) is 5.38. The van der Waals surface area contributed by atoms with Crippen LogP contribution in [0, 0.1) is 5.82 Å². The van der Waals surface area contributed by atoms with Crippen molar-refractivity contribution in [3.63, 3.8) is 0 Å². The Hall–Kier alpha value is -4.34. The number of nitrogens with one attached hydrogen (secondary N) is 1. The Kier molecular flexibility index (Phi) is 6.69. The van der Waals surface area contributed by atoms with E-state index in [4.69, 9.17) is 26.7 Å². The number of halogens is 2. The summed E-state index contributed by atoms with van der Waals surface area (Å²) in [5.41, 5.74) is 5.06. The highest BCUT2D eigenvalue weighted by atomic mass is 35.5. The van der Waals surface area contributed by atoms with Crippen molar-refractivity contribution in [2.24, 2.45) is 5.10 Å². The summed E-state index contributed by atoms with van der Waals surface area (Å²) < 4.78 is 40.0. The fourth-order valence-electron chi connectivity index (χ4n) is 4.80. The van der Waals surface area contributed by atoms with Gasteiger partial charge in [-0.25, -0.2) is 27.8 Å². The lowest BCUT2D eigenvalue weighted by Gasteiger charge is -2.23. The largest absolute Gasteiger partial charge is 0.284 e. The second-order valence-corrected chi connectivity index (χ2v) is 11.7. The van der Waals surface area contributed by atoms with Gasteiger partial charge in [-0.05, 0) is 53.6 Å². The predicted octanol–water partition coefficient (Wildman–Crippen LogP) is 6.82. The number of hydrazone groups is 1. The number of hydrogen-bond acceptors (Lipinski definition) is 6. The van der Waals surface area contributed by atoms with E-state index in [1.165, 1.54) is 12.1 Å². The van der Waals surface area contributed by atoms with Crippen molar-refractivity contribution in [3.05, 3.63) is 119 Å². The zero-order valence-electron chi connectivity index (χ0n) is 21.3. The quantitative estimate of drug-likeness (QED) is 0.242. The minimum atomic E-state index is -3.45. The maximum atomic E-state index is 13.8. The molecular weight excluding hydrogens is 549 g/mol. The smallest absolute Gasteiger partial charge is 0.247 e. The second kappa shape index (κ2) is 10.3. The Labute approximate surface area is 236 Å². The van der Waals surface area contributed by atoms with E-state index in [1.807, 2.05) is 48.5 Å². The molecule has 0 bridgehead atoms. The first kappa shape index (κ1) is 25.9. The number of aromatic nitrogens is 2. The van der Waals surface area contributed by atoms with Crippen LogP contribution in [0.3, 0.4) is 0 Å². The van der Waals surface area contributed by atoms with E-state index in [9.17, 15) is 12.8 Å². The standard InChI is InChI=1S/C30H23ClFN5O2S/c1-40(38,39)36-24-9-5-8-21(16-24)27-18-28(19-10-13-23(32)14-11-19)37(35-27)30-33-26-15-12-22(31)17-25(26)29(34-30)20-6-3-2-4-7-20/h2-17,28,36H,18H2,1H3. The summed E-state index contributed by atoms with van der Waals surface area (Å²) in [5, 5.41) is 8.07. The number of rotatable bonds is 6. The van der Waals surface area contributed by atoms with Gasteiger partial charge in [-0.2, -0.15) is 5.10 Å². The molecule has 2 heterocycles. The molecule has 0 saturated carbocycles. The van der Waals surface area contributed by atoms with Gasteiger partial charge in [-0.15, -0.1) is 0 Å². The zero-order valence-corrected chi connectivity index (χ0v) is 22.9. The molecule has 200 valence electrons. The van der Waals surface area contributed by atoms with Crippen LogP contribution in [0.1, 0.15) is 23.6 Å². The third-order valence-electron chi connectivity index (χ3n) is 6.56. The molecule has 0 spiro atoms. The van der Waals surface area contributed by atoms with E-state index >= 15 is 0 Å². The van der Waals surface area contributed by atoms with Crippen molar-refractivity contribution in [2.75, 3.05) is 16.0 Å². The third-order valence-corrected chi connectivity index (χ3v) is 7.40. The number of nitrogens with zero attached hydrogens (tertiary/aromatic N) is 4. The molecule has 40 heavy (non-hydrogen) atoms. The van der Waals surface area contributed by atoms with E-state index in [1.54, 1.807) is 41.4 Å². The number of benzene rings is 4. The van der Waals surface area contributed by atoms with Gasteiger partial charge in [-0.1, -0.05) is 66.2 Å². The van der Waals surface area contributed by atoms with Gasteiger partial charge in [0.15, 0.2) is 0 Å². The van der Waals surface area contributed by atoms with Crippen molar-refractivity contribution in [1.82, 2.24) is 9.97 Å². The average Bonchev–Trinajstić information content (AvgIpc) is 3.38. The lowest BCUT2D eigenvalue weighted by Crippen LogP contribution is -2.21. The Balaban J connectivity index is 1.50. The molecule has 0 radical (unpaired) electrons. The molecule has 1 unspecified atom stereocenters. The van der Waals surface area contributed by atoms with E-state index in [2.05, 4.69) is 4.72 Å². The lowest BCUT2D eigenvalue weighted by atomic mass is 9.98. The highest BCUT2D eigenvalue weighted by molar-refractivity contribution is 7.92. The summed E-state index contributed by atoms with van der Waals surface area (Å²) in [6, 6.07) is 28.3. The van der Waals surface area contributed by atoms with Gasteiger partial charge in [0.05, 0.1) is 29.2 Å². The van der Waals surface area contributed by atoms with Crippen molar-refractivity contribution in [1.29, 1.82) is 0 Å². The van der Waals surface area contributed by atoms with Gasteiger partial charge >= 0.3 is 0 Å². The molecule has 6 rings (SSSR count). The Morgan fingerprint density at radius 3 is 2.40 bits per heavy atom. The van der Waals surface area contributed by atoms with Crippen LogP contribution in [0.5, 0.6) is 0 Å². The van der Waals surface area contributed by atoms with Crippen molar-refractivity contribution >= 4 is 49.9 Å². The second-order valence-electron chi connectivity index (χ2n) is 9.52. The van der Waals surface area contributed by atoms with Gasteiger partial charge in [0.1, 0.15) is 5.82 Å². The van der Waals surface area contributed by atoms with Gasteiger partial charge < -0.3 is 0 Å². The number of hydrogen-bond donors (Lipinski definition) is 1. The Morgan fingerprint density at radius 1 is 0.900 bits per heavy atom. The fourth-order valence-corrected chi connectivity index (χ4v) is 5.52. The molecule has 0 amide bonds. The first-order valence-electron chi connectivity index (χ1n) is 12.5. The van der Waals surface area contributed by atoms with Gasteiger partial charge in [0.25, 0.3) is 0 Å². The summed E-state index contributed by atoms with van der Waals surface area (Å²) in [7, 11) is -3.45. The minimum absolute atomic E-state index is 0.324. The van der Waals surface area contributed by atoms with Gasteiger partial charge in [-0.3, -0.25) is 4.72 Å². The molecule has 0 fully saturated rings. The molecule has 7 nitrogen and oxygen atoms in total. The average molecular weight is 572 g/mol. The van der Waals surface area contributed by atoms with Crippen LogP contribution in [0.2, 0.25) is 5.02 Å². The van der Waals surface area contributed by atoms with Crippen LogP contribution in [-0.4, -0.2) is 30.4 Å². The molecule has 0 saturated heterocycles.